The van der Waals surface area contributed by atoms with Crippen molar-refractivity contribution < 1.29 is 9.18 Å². The van der Waals surface area contributed by atoms with Crippen molar-refractivity contribution in [1.29, 1.82) is 0 Å². The third-order valence-corrected chi connectivity index (χ3v) is 5.63. The summed E-state index contributed by atoms with van der Waals surface area (Å²) in [5.74, 6) is 0.485. The van der Waals surface area contributed by atoms with E-state index in [4.69, 9.17) is 0 Å². The van der Waals surface area contributed by atoms with E-state index >= 15 is 0 Å². The van der Waals surface area contributed by atoms with Crippen LogP contribution in [-0.2, 0) is 19.4 Å². The number of amides is 1. The molecule has 0 radical (unpaired) electrons. The average Bonchev–Trinajstić information content (AvgIpc) is 3.17. The number of benzene rings is 2. The van der Waals surface area contributed by atoms with Gasteiger partial charge in [0.25, 0.3) is 5.91 Å². The second-order valence-electron chi connectivity index (χ2n) is 7.29. The number of hydrogen-bond acceptors (Lipinski definition) is 3. The molecule has 5 heteroatoms. The number of carbonyl (C=O) groups is 1. The van der Waals surface area contributed by atoms with Crippen molar-refractivity contribution in [3.8, 4) is 0 Å². The molecule has 0 saturated heterocycles. The SMILES string of the molecule is O=C(c1cccnc1N1CCc2cc(F)ccc2C1)N1CCc2ccccc21. The molecular formula is C23H20FN3O. The number of halogens is 1. The molecule has 0 saturated carbocycles. The van der Waals surface area contributed by atoms with E-state index in [9.17, 15) is 9.18 Å². The highest BCUT2D eigenvalue weighted by Gasteiger charge is 2.29. The van der Waals surface area contributed by atoms with Gasteiger partial charge in [-0.25, -0.2) is 9.37 Å². The van der Waals surface area contributed by atoms with Crippen LogP contribution in [0.1, 0.15) is 27.0 Å². The molecule has 2 aromatic carbocycles. The number of aromatic nitrogens is 1. The molecule has 28 heavy (non-hydrogen) atoms. The Balaban J connectivity index is 1.47. The number of anilines is 2. The Bertz CT molecular complexity index is 1070. The Kier molecular flexibility index (Phi) is 4.08. The summed E-state index contributed by atoms with van der Waals surface area (Å²) in [6, 6.07) is 16.7. The molecular weight excluding hydrogens is 353 g/mol. The van der Waals surface area contributed by atoms with Crippen molar-refractivity contribution in [2.75, 3.05) is 22.9 Å². The molecule has 0 fully saturated rings. The largest absolute Gasteiger partial charge is 0.351 e. The smallest absolute Gasteiger partial charge is 0.262 e. The number of carbonyl (C=O) groups excluding carboxylic acids is 1. The van der Waals surface area contributed by atoms with Crippen LogP contribution < -0.4 is 9.80 Å². The summed E-state index contributed by atoms with van der Waals surface area (Å²) >= 11 is 0. The lowest BCUT2D eigenvalue weighted by Gasteiger charge is -2.31. The zero-order valence-electron chi connectivity index (χ0n) is 15.4. The average molecular weight is 373 g/mol. The number of fused-ring (bicyclic) bond motifs is 2. The van der Waals surface area contributed by atoms with Gasteiger partial charge in [-0.3, -0.25) is 4.79 Å². The molecule has 4 nitrogen and oxygen atoms in total. The van der Waals surface area contributed by atoms with Crippen LogP contribution in [0.3, 0.4) is 0 Å². The molecule has 0 spiro atoms. The maximum absolute atomic E-state index is 13.5. The quantitative estimate of drug-likeness (QED) is 0.682. The Morgan fingerprint density at radius 3 is 2.71 bits per heavy atom. The lowest BCUT2D eigenvalue weighted by Crippen LogP contribution is -2.35. The number of nitrogens with zero attached hydrogens (tertiary/aromatic N) is 3. The van der Waals surface area contributed by atoms with Gasteiger partial charge >= 0.3 is 0 Å². The molecule has 0 N–H and O–H groups in total. The van der Waals surface area contributed by atoms with Crippen LogP contribution in [0.15, 0.2) is 60.8 Å². The molecule has 1 amide bonds. The van der Waals surface area contributed by atoms with Gasteiger partial charge in [0.15, 0.2) is 0 Å². The van der Waals surface area contributed by atoms with Crippen LogP contribution in [0.2, 0.25) is 0 Å². The van der Waals surface area contributed by atoms with Crippen LogP contribution in [0.25, 0.3) is 0 Å². The molecule has 2 aliphatic heterocycles. The molecule has 5 rings (SSSR count). The molecule has 1 aromatic heterocycles. The first-order valence-electron chi connectivity index (χ1n) is 9.58. The summed E-state index contributed by atoms with van der Waals surface area (Å²) in [4.78, 5) is 21.9. The van der Waals surface area contributed by atoms with Crippen LogP contribution >= 0.6 is 0 Å². The molecule has 0 aliphatic carbocycles. The Hall–Kier alpha value is -3.21. The third kappa shape index (κ3) is 2.83. The second kappa shape index (κ2) is 6.75. The Labute approximate surface area is 163 Å². The standard InChI is InChI=1S/C23H20FN3O/c24-19-8-7-18-15-26(12-9-17(18)14-19)22-20(5-3-11-25-22)23(28)27-13-10-16-4-1-2-6-21(16)27/h1-8,11,14H,9-10,12-13,15H2. The van der Waals surface area contributed by atoms with Crippen molar-refractivity contribution in [3.63, 3.8) is 0 Å². The van der Waals surface area contributed by atoms with E-state index in [0.29, 0.717) is 31.0 Å². The van der Waals surface area contributed by atoms with Gasteiger partial charge in [-0.2, -0.15) is 0 Å². The molecule has 140 valence electrons. The Morgan fingerprint density at radius 1 is 0.929 bits per heavy atom. The number of rotatable bonds is 2. The van der Waals surface area contributed by atoms with E-state index in [1.54, 1.807) is 12.3 Å². The van der Waals surface area contributed by atoms with Crippen molar-refractivity contribution in [2.45, 2.75) is 19.4 Å². The normalized spacial score (nSPS) is 15.3. The first-order valence-corrected chi connectivity index (χ1v) is 9.58. The highest BCUT2D eigenvalue weighted by atomic mass is 19.1. The zero-order chi connectivity index (χ0) is 19.1. The third-order valence-electron chi connectivity index (χ3n) is 5.63. The maximum Gasteiger partial charge on any atom is 0.262 e. The van der Waals surface area contributed by atoms with Crippen molar-refractivity contribution in [2.24, 2.45) is 0 Å². The monoisotopic (exact) mass is 373 g/mol. The minimum atomic E-state index is -0.200. The number of hydrogen-bond donors (Lipinski definition) is 0. The van der Waals surface area contributed by atoms with Crippen molar-refractivity contribution >= 4 is 17.4 Å². The second-order valence-corrected chi connectivity index (χ2v) is 7.29. The summed E-state index contributed by atoms with van der Waals surface area (Å²) in [6.45, 7) is 2.03. The van der Waals surface area contributed by atoms with Crippen molar-refractivity contribution in [3.05, 3.63) is 88.9 Å². The summed E-state index contributed by atoms with van der Waals surface area (Å²) in [6.07, 6.45) is 3.34. The van der Waals surface area contributed by atoms with E-state index < -0.39 is 0 Å². The van der Waals surface area contributed by atoms with Gasteiger partial charge in [-0.15, -0.1) is 0 Å². The van der Waals surface area contributed by atoms with Gasteiger partial charge in [0.2, 0.25) is 0 Å². The fraction of sp³-hybridized carbons (Fsp3) is 0.217. The number of para-hydroxylation sites is 1. The van der Waals surface area contributed by atoms with E-state index in [1.807, 2.05) is 41.3 Å². The first-order chi connectivity index (χ1) is 13.7. The molecule has 3 aromatic rings. The summed E-state index contributed by atoms with van der Waals surface area (Å²) in [7, 11) is 0. The van der Waals surface area contributed by atoms with Gasteiger partial charge in [-0.05, 0) is 59.9 Å². The van der Waals surface area contributed by atoms with Crippen LogP contribution in [0.5, 0.6) is 0 Å². The van der Waals surface area contributed by atoms with Gasteiger partial charge < -0.3 is 9.80 Å². The van der Waals surface area contributed by atoms with Crippen molar-refractivity contribution in [1.82, 2.24) is 4.98 Å². The highest BCUT2D eigenvalue weighted by molar-refractivity contribution is 6.10. The van der Waals surface area contributed by atoms with E-state index in [0.717, 1.165) is 29.7 Å². The van der Waals surface area contributed by atoms with Crippen LogP contribution in [-0.4, -0.2) is 24.0 Å². The fourth-order valence-electron chi connectivity index (χ4n) is 4.21. The summed E-state index contributed by atoms with van der Waals surface area (Å²) in [5.41, 5.74) is 4.93. The minimum Gasteiger partial charge on any atom is -0.351 e. The fourth-order valence-corrected chi connectivity index (χ4v) is 4.21. The molecule has 0 bridgehead atoms. The van der Waals surface area contributed by atoms with Crippen LogP contribution in [0, 0.1) is 5.82 Å². The maximum atomic E-state index is 13.5. The van der Waals surface area contributed by atoms with Gasteiger partial charge in [0.05, 0.1) is 5.56 Å². The molecule has 2 aliphatic rings. The molecule has 0 atom stereocenters. The zero-order valence-corrected chi connectivity index (χ0v) is 15.4. The lowest BCUT2D eigenvalue weighted by molar-refractivity contribution is 0.0989. The number of pyridine rings is 1. The Morgan fingerprint density at radius 2 is 1.79 bits per heavy atom. The van der Waals surface area contributed by atoms with Gasteiger partial charge in [-0.1, -0.05) is 24.3 Å². The topological polar surface area (TPSA) is 36.4 Å². The van der Waals surface area contributed by atoms with Gasteiger partial charge in [0, 0.05) is 31.5 Å². The van der Waals surface area contributed by atoms with E-state index in [2.05, 4.69) is 16.0 Å². The first kappa shape index (κ1) is 16.9. The molecule has 0 unspecified atom stereocenters. The minimum absolute atomic E-state index is 0.0158. The lowest BCUT2D eigenvalue weighted by atomic mass is 9.99. The van der Waals surface area contributed by atoms with E-state index in [-0.39, 0.29) is 11.7 Å². The predicted octanol–water partition coefficient (Wildman–Crippen LogP) is 3.99. The molecule has 3 heterocycles. The highest BCUT2D eigenvalue weighted by Crippen LogP contribution is 2.32. The van der Waals surface area contributed by atoms with E-state index in [1.165, 1.54) is 11.6 Å². The predicted molar refractivity (Wildman–Crippen MR) is 107 cm³/mol. The van der Waals surface area contributed by atoms with Gasteiger partial charge in [0.1, 0.15) is 11.6 Å². The summed E-state index contributed by atoms with van der Waals surface area (Å²) in [5, 5.41) is 0. The summed E-state index contributed by atoms with van der Waals surface area (Å²) < 4.78 is 13.5. The van der Waals surface area contributed by atoms with Crippen LogP contribution in [0.4, 0.5) is 15.9 Å².